The van der Waals surface area contributed by atoms with Crippen LogP contribution in [0, 0.1) is 0 Å². The van der Waals surface area contributed by atoms with Gasteiger partial charge in [0, 0.05) is 10.3 Å². The number of carbonyl (C=O) groups excluding carboxylic acids is 2. The number of hydrogen-bond acceptors (Lipinski definition) is 7. The summed E-state index contributed by atoms with van der Waals surface area (Å²) in [4.78, 5) is 33.4. The number of carboxylic acid groups (broad SMARTS) is 1. The molecule has 0 amide bonds. The van der Waals surface area contributed by atoms with Gasteiger partial charge >= 0.3 is 17.9 Å². The first-order chi connectivity index (χ1) is 7.99. The fourth-order valence-electron chi connectivity index (χ4n) is 1.15. The predicted octanol–water partition coefficient (Wildman–Crippen LogP) is 0.476. The first kappa shape index (κ1) is 13.9. The summed E-state index contributed by atoms with van der Waals surface area (Å²) in [5.74, 6) is -2.28. The van der Waals surface area contributed by atoms with Gasteiger partial charge in [-0.05, 0) is 0 Å². The molecular weight excluding hydrogens is 268 g/mol. The highest BCUT2D eigenvalue weighted by Crippen LogP contribution is 2.47. The molecule has 2 atom stereocenters. The highest BCUT2D eigenvalue weighted by atomic mass is 32.2. The molecule has 1 aliphatic heterocycles. The van der Waals surface area contributed by atoms with Gasteiger partial charge in [0.05, 0.1) is 14.2 Å². The van der Waals surface area contributed by atoms with E-state index >= 15 is 0 Å². The number of carboxylic acids is 1. The summed E-state index contributed by atoms with van der Waals surface area (Å²) in [5.41, 5.74) is 0. The summed E-state index contributed by atoms with van der Waals surface area (Å²) in [5, 5.41) is 7.05. The molecule has 1 rings (SSSR count). The van der Waals surface area contributed by atoms with Crippen molar-refractivity contribution in [2.75, 3.05) is 14.2 Å². The number of thioether (sulfide) groups is 2. The van der Waals surface area contributed by atoms with Crippen molar-refractivity contribution >= 4 is 41.4 Å². The van der Waals surface area contributed by atoms with Crippen molar-refractivity contribution in [3.8, 4) is 0 Å². The van der Waals surface area contributed by atoms with Crippen LogP contribution in [0.5, 0.6) is 0 Å². The van der Waals surface area contributed by atoms with E-state index in [1.165, 1.54) is 14.2 Å². The number of carbonyl (C=O) groups is 3. The largest absolute Gasteiger partial charge is 0.478 e. The Kier molecular flexibility index (Phi) is 4.88. The maximum Gasteiger partial charge on any atom is 0.329 e. The average molecular weight is 278 g/mol. The van der Waals surface area contributed by atoms with Gasteiger partial charge in [-0.2, -0.15) is 0 Å². The maximum absolute atomic E-state index is 11.4. The van der Waals surface area contributed by atoms with E-state index in [0.29, 0.717) is 4.24 Å². The Morgan fingerprint density at radius 3 is 1.82 bits per heavy atom. The van der Waals surface area contributed by atoms with Gasteiger partial charge in [-0.3, -0.25) is 9.59 Å². The standard InChI is InChI=1S/C9H10O6S2/c1-14-8(12)6-7(9(13)15-2)17-5(16-6)3-4(10)11/h3,6-7H,1-2H3,(H,10,11)/t6-,7-/m0/s1. The van der Waals surface area contributed by atoms with Crippen molar-refractivity contribution in [1.29, 1.82) is 0 Å². The van der Waals surface area contributed by atoms with Crippen LogP contribution in [0.1, 0.15) is 0 Å². The summed E-state index contributed by atoms with van der Waals surface area (Å²) < 4.78 is 9.49. The van der Waals surface area contributed by atoms with Gasteiger partial charge in [-0.25, -0.2) is 4.79 Å². The minimum Gasteiger partial charge on any atom is -0.478 e. The lowest BCUT2D eigenvalue weighted by Gasteiger charge is -2.12. The summed E-state index contributed by atoms with van der Waals surface area (Å²) >= 11 is 1.98. The number of ether oxygens (including phenoxy) is 2. The lowest BCUT2D eigenvalue weighted by atomic mass is 10.3. The van der Waals surface area contributed by atoms with Crippen LogP contribution >= 0.6 is 23.5 Å². The average Bonchev–Trinajstić information content (AvgIpc) is 2.69. The van der Waals surface area contributed by atoms with E-state index in [0.717, 1.165) is 29.6 Å². The molecule has 0 spiro atoms. The molecule has 1 saturated heterocycles. The zero-order valence-corrected chi connectivity index (χ0v) is 10.7. The minimum atomic E-state index is -1.13. The highest BCUT2D eigenvalue weighted by Gasteiger charge is 2.43. The van der Waals surface area contributed by atoms with Gasteiger partial charge in [-0.1, -0.05) is 0 Å². The number of esters is 2. The molecule has 0 unspecified atom stereocenters. The number of hydrogen-bond donors (Lipinski definition) is 1. The molecule has 1 fully saturated rings. The molecular formula is C9H10O6S2. The summed E-state index contributed by atoms with van der Waals surface area (Å²) in [6.45, 7) is 0. The Morgan fingerprint density at radius 2 is 1.53 bits per heavy atom. The normalized spacial score (nSPS) is 23.1. The molecule has 0 aromatic carbocycles. The van der Waals surface area contributed by atoms with Gasteiger partial charge in [0.25, 0.3) is 0 Å². The molecule has 8 heteroatoms. The minimum absolute atomic E-state index is 0.378. The SMILES string of the molecule is COC(=O)[C@H]1SC(=CC(=O)O)S[C@@H]1C(=O)OC. The van der Waals surface area contributed by atoms with E-state index in [4.69, 9.17) is 5.11 Å². The molecule has 94 valence electrons. The molecule has 1 aliphatic rings. The van der Waals surface area contributed by atoms with Crippen molar-refractivity contribution in [2.45, 2.75) is 10.5 Å². The first-order valence-corrected chi connectivity index (χ1v) is 6.19. The monoisotopic (exact) mass is 278 g/mol. The first-order valence-electron chi connectivity index (χ1n) is 4.43. The van der Waals surface area contributed by atoms with Crippen LogP contribution in [0.3, 0.4) is 0 Å². The second-order valence-corrected chi connectivity index (χ2v) is 5.55. The van der Waals surface area contributed by atoms with E-state index < -0.39 is 28.4 Å². The van der Waals surface area contributed by atoms with E-state index in [1.807, 2.05) is 0 Å². The zero-order valence-electron chi connectivity index (χ0n) is 9.04. The molecule has 6 nitrogen and oxygen atoms in total. The smallest absolute Gasteiger partial charge is 0.329 e. The van der Waals surface area contributed by atoms with Gasteiger partial charge in [0.1, 0.15) is 10.5 Å². The maximum atomic E-state index is 11.4. The molecule has 17 heavy (non-hydrogen) atoms. The van der Waals surface area contributed by atoms with Crippen molar-refractivity contribution in [3.63, 3.8) is 0 Å². The molecule has 0 aromatic heterocycles. The lowest BCUT2D eigenvalue weighted by molar-refractivity contribution is -0.145. The van der Waals surface area contributed by atoms with Crippen molar-refractivity contribution in [1.82, 2.24) is 0 Å². The summed E-state index contributed by atoms with van der Waals surface area (Å²) in [6, 6.07) is 0. The van der Waals surface area contributed by atoms with Gasteiger partial charge in [0.2, 0.25) is 0 Å². The molecule has 0 aliphatic carbocycles. The third kappa shape index (κ3) is 3.40. The summed E-state index contributed by atoms with van der Waals surface area (Å²) in [7, 11) is 2.42. The van der Waals surface area contributed by atoms with Gasteiger partial charge < -0.3 is 14.6 Å². The van der Waals surface area contributed by atoms with Crippen LogP contribution in [0.15, 0.2) is 10.3 Å². The van der Waals surface area contributed by atoms with Crippen LogP contribution in [0.25, 0.3) is 0 Å². The van der Waals surface area contributed by atoms with E-state index in [1.54, 1.807) is 0 Å². The van der Waals surface area contributed by atoms with Gasteiger partial charge in [0.15, 0.2) is 0 Å². The van der Waals surface area contributed by atoms with Crippen LogP contribution in [0.2, 0.25) is 0 Å². The van der Waals surface area contributed by atoms with Crippen molar-refractivity contribution in [3.05, 3.63) is 10.3 Å². The second kappa shape index (κ2) is 5.97. The third-order valence-electron chi connectivity index (χ3n) is 1.87. The predicted molar refractivity (Wildman–Crippen MR) is 62.5 cm³/mol. The number of methoxy groups -OCH3 is 2. The molecule has 1 heterocycles. The van der Waals surface area contributed by atoms with Crippen molar-refractivity contribution in [2.24, 2.45) is 0 Å². The van der Waals surface area contributed by atoms with Crippen LogP contribution in [0.4, 0.5) is 0 Å². The van der Waals surface area contributed by atoms with Gasteiger partial charge in [-0.15, -0.1) is 23.5 Å². The second-order valence-electron chi connectivity index (χ2n) is 2.92. The Balaban J connectivity index is 2.90. The Hall–Kier alpha value is -1.15. The van der Waals surface area contributed by atoms with E-state index in [-0.39, 0.29) is 0 Å². The van der Waals surface area contributed by atoms with Crippen LogP contribution < -0.4 is 0 Å². The van der Waals surface area contributed by atoms with E-state index in [9.17, 15) is 14.4 Å². The topological polar surface area (TPSA) is 89.9 Å². The fourth-order valence-corrected chi connectivity index (χ4v) is 4.02. The zero-order chi connectivity index (χ0) is 13.0. The Bertz CT molecular complexity index is 352. The van der Waals surface area contributed by atoms with Crippen LogP contribution in [-0.2, 0) is 23.9 Å². The third-order valence-corrected chi connectivity index (χ3v) is 4.76. The van der Waals surface area contributed by atoms with Crippen molar-refractivity contribution < 1.29 is 29.0 Å². The molecule has 0 radical (unpaired) electrons. The lowest BCUT2D eigenvalue weighted by Crippen LogP contribution is -2.33. The Morgan fingerprint density at radius 1 is 1.12 bits per heavy atom. The number of rotatable bonds is 3. The molecule has 1 N–H and O–H groups in total. The van der Waals surface area contributed by atoms with E-state index in [2.05, 4.69) is 9.47 Å². The molecule has 0 bridgehead atoms. The fraction of sp³-hybridized carbons (Fsp3) is 0.444. The highest BCUT2D eigenvalue weighted by molar-refractivity contribution is 8.26. The quantitative estimate of drug-likeness (QED) is 0.589. The molecule has 0 saturated carbocycles. The Labute approximate surface area is 106 Å². The number of aliphatic carboxylic acids is 1. The van der Waals surface area contributed by atoms with Crippen LogP contribution in [-0.4, -0.2) is 47.7 Å². The summed E-state index contributed by atoms with van der Waals surface area (Å²) in [6.07, 6.45) is 0.953. The molecule has 0 aromatic rings.